The number of anilines is 2. The van der Waals surface area contributed by atoms with Gasteiger partial charge in [0.05, 0.1) is 5.92 Å². The standard InChI is InChI=1S/C26H21FN2O4/c27-18-10-13-22-23(14-18)33-26(29-22)28-19-11-8-16(9-12-19)15-4-6-17(7-5-15)24(30)20-2-1-3-21(20)25(31)32/h4-14,20-21H,1-3H2,(H,28,29)(H,31,32). The largest absolute Gasteiger partial charge is 0.481 e. The maximum atomic E-state index is 13.3. The fraction of sp³-hybridized carbons (Fsp3) is 0.192. The van der Waals surface area contributed by atoms with Crippen molar-refractivity contribution in [2.45, 2.75) is 19.3 Å². The molecule has 0 spiro atoms. The average Bonchev–Trinajstić information content (AvgIpc) is 3.46. The summed E-state index contributed by atoms with van der Waals surface area (Å²) in [4.78, 5) is 28.5. The lowest BCUT2D eigenvalue weighted by atomic mass is 9.88. The summed E-state index contributed by atoms with van der Waals surface area (Å²) in [5.41, 5.74) is 4.15. The predicted octanol–water partition coefficient (Wildman–Crippen LogP) is 6.06. The van der Waals surface area contributed by atoms with Crippen molar-refractivity contribution in [1.82, 2.24) is 4.98 Å². The van der Waals surface area contributed by atoms with Crippen LogP contribution in [0.5, 0.6) is 0 Å². The van der Waals surface area contributed by atoms with Crippen LogP contribution in [-0.2, 0) is 4.79 Å². The summed E-state index contributed by atoms with van der Waals surface area (Å²) in [6.07, 6.45) is 1.96. The molecule has 0 aliphatic heterocycles. The Morgan fingerprint density at radius 3 is 2.30 bits per heavy atom. The maximum absolute atomic E-state index is 13.3. The molecule has 1 saturated carbocycles. The number of aromatic nitrogens is 1. The van der Waals surface area contributed by atoms with Crippen molar-refractivity contribution in [1.29, 1.82) is 0 Å². The normalized spacial score (nSPS) is 17.8. The highest BCUT2D eigenvalue weighted by Crippen LogP contribution is 2.35. The number of carbonyl (C=O) groups is 2. The number of benzene rings is 3. The van der Waals surface area contributed by atoms with Gasteiger partial charge in [-0.2, -0.15) is 4.98 Å². The van der Waals surface area contributed by atoms with Gasteiger partial charge in [0.15, 0.2) is 11.4 Å². The fourth-order valence-electron chi connectivity index (χ4n) is 4.43. The zero-order valence-corrected chi connectivity index (χ0v) is 17.6. The van der Waals surface area contributed by atoms with E-state index >= 15 is 0 Å². The molecule has 4 aromatic rings. The Morgan fingerprint density at radius 2 is 1.61 bits per heavy atom. The van der Waals surface area contributed by atoms with Crippen LogP contribution in [0.25, 0.3) is 22.2 Å². The Kier molecular flexibility index (Phi) is 5.38. The molecule has 1 heterocycles. The SMILES string of the molecule is O=C(O)C1CCCC1C(=O)c1ccc(-c2ccc(Nc3nc4ccc(F)cc4o3)cc2)cc1. The van der Waals surface area contributed by atoms with E-state index in [-0.39, 0.29) is 17.6 Å². The van der Waals surface area contributed by atoms with Crippen LogP contribution in [0.3, 0.4) is 0 Å². The molecule has 0 amide bonds. The minimum Gasteiger partial charge on any atom is -0.481 e. The Hall–Kier alpha value is -4.00. The third-order valence-corrected chi connectivity index (χ3v) is 6.16. The predicted molar refractivity (Wildman–Crippen MR) is 122 cm³/mol. The Labute approximate surface area is 189 Å². The number of carbonyl (C=O) groups excluding carboxylic acids is 1. The number of nitrogens with one attached hydrogen (secondary N) is 1. The first kappa shape index (κ1) is 20.9. The zero-order chi connectivity index (χ0) is 22.9. The van der Waals surface area contributed by atoms with E-state index in [1.165, 1.54) is 12.1 Å². The molecule has 0 radical (unpaired) electrons. The van der Waals surface area contributed by atoms with E-state index in [1.54, 1.807) is 18.2 Å². The number of carboxylic acid groups (broad SMARTS) is 1. The first-order valence-corrected chi connectivity index (χ1v) is 10.8. The van der Waals surface area contributed by atoms with Crippen molar-refractivity contribution in [3.8, 4) is 11.1 Å². The van der Waals surface area contributed by atoms with Crippen molar-refractivity contribution in [3.05, 3.63) is 78.1 Å². The summed E-state index contributed by atoms with van der Waals surface area (Å²) in [5, 5.41) is 12.4. The molecule has 166 valence electrons. The number of oxazole rings is 1. The van der Waals surface area contributed by atoms with Gasteiger partial charge in [0, 0.05) is 23.2 Å². The average molecular weight is 444 g/mol. The van der Waals surface area contributed by atoms with E-state index < -0.39 is 17.8 Å². The fourth-order valence-corrected chi connectivity index (χ4v) is 4.43. The molecule has 5 rings (SSSR count). The molecule has 1 aromatic heterocycles. The minimum absolute atomic E-state index is 0.0933. The van der Waals surface area contributed by atoms with E-state index in [4.69, 9.17) is 4.42 Å². The molecule has 0 bridgehead atoms. The molecule has 1 aliphatic rings. The summed E-state index contributed by atoms with van der Waals surface area (Å²) >= 11 is 0. The second-order valence-corrected chi connectivity index (χ2v) is 8.26. The summed E-state index contributed by atoms with van der Waals surface area (Å²) in [5.74, 6) is -2.39. The maximum Gasteiger partial charge on any atom is 0.307 e. The summed E-state index contributed by atoms with van der Waals surface area (Å²) < 4.78 is 18.9. The van der Waals surface area contributed by atoms with Crippen LogP contribution in [0.2, 0.25) is 0 Å². The molecule has 33 heavy (non-hydrogen) atoms. The molecule has 0 saturated heterocycles. The Bertz CT molecular complexity index is 1330. The number of halogens is 1. The number of hydrogen-bond donors (Lipinski definition) is 2. The smallest absolute Gasteiger partial charge is 0.307 e. The number of carboxylic acids is 1. The molecule has 2 unspecified atom stereocenters. The Morgan fingerprint density at radius 1 is 0.939 bits per heavy atom. The van der Waals surface area contributed by atoms with Crippen molar-refractivity contribution >= 4 is 34.6 Å². The number of fused-ring (bicyclic) bond motifs is 1. The van der Waals surface area contributed by atoms with Crippen LogP contribution < -0.4 is 5.32 Å². The lowest BCUT2D eigenvalue weighted by molar-refractivity contribution is -0.142. The first-order chi connectivity index (χ1) is 16.0. The molecule has 1 aliphatic carbocycles. The summed E-state index contributed by atoms with van der Waals surface area (Å²) in [6.45, 7) is 0. The second-order valence-electron chi connectivity index (χ2n) is 8.26. The van der Waals surface area contributed by atoms with Gasteiger partial charge in [0.25, 0.3) is 6.01 Å². The van der Waals surface area contributed by atoms with Crippen LogP contribution in [0.1, 0.15) is 29.6 Å². The Balaban J connectivity index is 1.29. The minimum atomic E-state index is -0.888. The van der Waals surface area contributed by atoms with E-state index in [1.807, 2.05) is 36.4 Å². The second kappa shape index (κ2) is 8.50. The van der Waals surface area contributed by atoms with E-state index in [9.17, 15) is 19.1 Å². The van der Waals surface area contributed by atoms with Crippen LogP contribution in [-0.4, -0.2) is 21.8 Å². The van der Waals surface area contributed by atoms with Gasteiger partial charge < -0.3 is 14.8 Å². The molecular weight excluding hydrogens is 423 g/mol. The highest BCUT2D eigenvalue weighted by Gasteiger charge is 2.37. The highest BCUT2D eigenvalue weighted by atomic mass is 19.1. The molecular formula is C26H21FN2O4. The van der Waals surface area contributed by atoms with Gasteiger partial charge in [-0.25, -0.2) is 4.39 Å². The van der Waals surface area contributed by atoms with Crippen molar-refractivity contribution in [2.24, 2.45) is 11.8 Å². The third kappa shape index (κ3) is 4.22. The quantitative estimate of drug-likeness (QED) is 0.351. The number of ketones is 1. The van der Waals surface area contributed by atoms with Gasteiger partial charge in [-0.1, -0.05) is 42.8 Å². The van der Waals surface area contributed by atoms with Crippen molar-refractivity contribution in [2.75, 3.05) is 5.32 Å². The van der Waals surface area contributed by atoms with Crippen LogP contribution >= 0.6 is 0 Å². The highest BCUT2D eigenvalue weighted by molar-refractivity contribution is 6.00. The van der Waals surface area contributed by atoms with Gasteiger partial charge in [-0.05, 0) is 48.2 Å². The topological polar surface area (TPSA) is 92.4 Å². The number of aliphatic carboxylic acids is 1. The van der Waals surface area contributed by atoms with Crippen LogP contribution in [0, 0.1) is 17.7 Å². The van der Waals surface area contributed by atoms with Gasteiger partial charge in [0.1, 0.15) is 11.3 Å². The number of rotatable bonds is 6. The molecule has 1 fully saturated rings. The number of Topliss-reactive ketones (excluding diaryl/α,β-unsaturated/α-hetero) is 1. The van der Waals surface area contributed by atoms with Gasteiger partial charge >= 0.3 is 5.97 Å². The molecule has 6 nitrogen and oxygen atoms in total. The number of nitrogens with zero attached hydrogens (tertiary/aromatic N) is 1. The molecule has 7 heteroatoms. The zero-order valence-electron chi connectivity index (χ0n) is 17.6. The van der Waals surface area contributed by atoms with Gasteiger partial charge in [-0.3, -0.25) is 9.59 Å². The van der Waals surface area contributed by atoms with Gasteiger partial charge in [-0.15, -0.1) is 0 Å². The lowest BCUT2D eigenvalue weighted by Gasteiger charge is -2.14. The van der Waals surface area contributed by atoms with E-state index in [2.05, 4.69) is 10.3 Å². The molecule has 3 aromatic carbocycles. The van der Waals surface area contributed by atoms with Gasteiger partial charge in [0.2, 0.25) is 0 Å². The molecule has 2 atom stereocenters. The van der Waals surface area contributed by atoms with Crippen LogP contribution in [0.15, 0.2) is 71.1 Å². The van der Waals surface area contributed by atoms with Crippen LogP contribution in [0.4, 0.5) is 16.1 Å². The summed E-state index contributed by atoms with van der Waals surface area (Å²) in [7, 11) is 0. The number of hydrogen-bond acceptors (Lipinski definition) is 5. The summed E-state index contributed by atoms with van der Waals surface area (Å²) in [6, 6.07) is 19.3. The van der Waals surface area contributed by atoms with E-state index in [0.717, 1.165) is 23.2 Å². The van der Waals surface area contributed by atoms with E-state index in [0.29, 0.717) is 29.5 Å². The van der Waals surface area contributed by atoms with Crippen molar-refractivity contribution < 1.29 is 23.5 Å². The molecule has 2 N–H and O–H groups in total. The monoisotopic (exact) mass is 444 g/mol. The lowest BCUT2D eigenvalue weighted by Crippen LogP contribution is -2.25. The third-order valence-electron chi connectivity index (χ3n) is 6.16. The first-order valence-electron chi connectivity index (χ1n) is 10.8. The van der Waals surface area contributed by atoms with Crippen molar-refractivity contribution in [3.63, 3.8) is 0 Å².